The monoisotopic (exact) mass is 335 g/mol. The molecule has 17 heavy (non-hydrogen) atoms. The maximum Gasteiger partial charge on any atom is 0.304 e. The Morgan fingerprint density at radius 2 is 2.47 bits per heavy atom. The molecule has 0 spiro atoms. The van der Waals surface area contributed by atoms with Gasteiger partial charge in [0.25, 0.3) is 0 Å². The maximum atomic E-state index is 10.8. The Hall–Kier alpha value is -0.0400. The second-order valence-electron chi connectivity index (χ2n) is 3.99. The van der Waals surface area contributed by atoms with E-state index in [4.69, 9.17) is 5.11 Å². The zero-order chi connectivity index (χ0) is 12.3. The zero-order valence-electron chi connectivity index (χ0n) is 9.26. The van der Waals surface area contributed by atoms with Crippen LogP contribution >= 0.6 is 39.0 Å². The fourth-order valence-electron chi connectivity index (χ4n) is 1.91. The Morgan fingerprint density at radius 1 is 1.65 bits per heavy atom. The standard InChI is InChI=1S/C11H14BrNO2S2/c12-9-1-3-17-10(9)6-13-2-4-16-7-8(13)5-11(14)15/h1,3,8H,2,4-7H2,(H,14,15). The van der Waals surface area contributed by atoms with E-state index >= 15 is 0 Å². The van der Waals surface area contributed by atoms with E-state index in [-0.39, 0.29) is 12.5 Å². The van der Waals surface area contributed by atoms with Crippen molar-refractivity contribution in [1.82, 2.24) is 4.90 Å². The van der Waals surface area contributed by atoms with Crippen LogP contribution in [0.25, 0.3) is 0 Å². The molecule has 1 aliphatic rings. The molecule has 0 bridgehead atoms. The summed E-state index contributed by atoms with van der Waals surface area (Å²) in [5.41, 5.74) is 0. The average molecular weight is 336 g/mol. The van der Waals surface area contributed by atoms with E-state index in [0.717, 1.165) is 29.1 Å². The first kappa shape index (κ1) is 13.4. The van der Waals surface area contributed by atoms with Gasteiger partial charge < -0.3 is 5.11 Å². The van der Waals surface area contributed by atoms with Crippen LogP contribution in [0.1, 0.15) is 11.3 Å². The van der Waals surface area contributed by atoms with Crippen LogP contribution in [0.4, 0.5) is 0 Å². The summed E-state index contributed by atoms with van der Waals surface area (Å²) in [6, 6.07) is 2.21. The van der Waals surface area contributed by atoms with Gasteiger partial charge in [-0.05, 0) is 27.4 Å². The van der Waals surface area contributed by atoms with Gasteiger partial charge in [-0.15, -0.1) is 11.3 Å². The molecule has 1 aromatic rings. The third-order valence-electron chi connectivity index (χ3n) is 2.80. The van der Waals surface area contributed by atoms with Gasteiger partial charge in [-0.2, -0.15) is 11.8 Å². The maximum absolute atomic E-state index is 10.8. The highest BCUT2D eigenvalue weighted by Gasteiger charge is 2.25. The van der Waals surface area contributed by atoms with Crippen LogP contribution in [0.3, 0.4) is 0 Å². The molecule has 1 aromatic heterocycles. The number of carboxylic acid groups (broad SMARTS) is 1. The van der Waals surface area contributed by atoms with Crippen LogP contribution < -0.4 is 0 Å². The quantitative estimate of drug-likeness (QED) is 0.918. The summed E-state index contributed by atoms with van der Waals surface area (Å²) >= 11 is 7.10. The molecule has 1 N–H and O–H groups in total. The molecule has 0 amide bonds. The number of rotatable bonds is 4. The minimum atomic E-state index is -0.701. The molecule has 1 saturated heterocycles. The van der Waals surface area contributed by atoms with Gasteiger partial charge in [-0.1, -0.05) is 0 Å². The molecule has 1 unspecified atom stereocenters. The van der Waals surface area contributed by atoms with Crippen molar-refractivity contribution in [3.63, 3.8) is 0 Å². The fourth-order valence-corrected chi connectivity index (χ4v) is 4.54. The first-order valence-electron chi connectivity index (χ1n) is 5.42. The lowest BCUT2D eigenvalue weighted by atomic mass is 10.2. The van der Waals surface area contributed by atoms with Crippen molar-refractivity contribution in [1.29, 1.82) is 0 Å². The molecule has 0 saturated carbocycles. The van der Waals surface area contributed by atoms with E-state index in [2.05, 4.69) is 26.2 Å². The number of thioether (sulfide) groups is 1. The topological polar surface area (TPSA) is 40.5 Å². The highest BCUT2D eigenvalue weighted by Crippen LogP contribution is 2.27. The molecule has 2 heterocycles. The Morgan fingerprint density at radius 3 is 3.12 bits per heavy atom. The third-order valence-corrected chi connectivity index (χ3v) is 5.80. The van der Waals surface area contributed by atoms with Crippen molar-refractivity contribution in [3.8, 4) is 0 Å². The van der Waals surface area contributed by atoms with E-state index < -0.39 is 5.97 Å². The molecule has 2 rings (SSSR count). The van der Waals surface area contributed by atoms with Gasteiger partial charge in [0.05, 0.1) is 6.42 Å². The van der Waals surface area contributed by atoms with Crippen molar-refractivity contribution < 1.29 is 9.90 Å². The highest BCUT2D eigenvalue weighted by atomic mass is 79.9. The van der Waals surface area contributed by atoms with Crippen LogP contribution in [0.15, 0.2) is 15.9 Å². The Labute approximate surface area is 117 Å². The smallest absolute Gasteiger partial charge is 0.304 e. The Bertz CT molecular complexity index is 397. The van der Waals surface area contributed by atoms with Gasteiger partial charge in [0.2, 0.25) is 0 Å². The predicted molar refractivity (Wildman–Crippen MR) is 75.8 cm³/mol. The number of aliphatic carboxylic acids is 1. The van der Waals surface area contributed by atoms with Gasteiger partial charge in [0.1, 0.15) is 0 Å². The zero-order valence-corrected chi connectivity index (χ0v) is 12.5. The number of hydrogen-bond acceptors (Lipinski definition) is 4. The van der Waals surface area contributed by atoms with Crippen LogP contribution in [0, 0.1) is 0 Å². The second-order valence-corrected chi connectivity index (χ2v) is 6.99. The molecule has 6 heteroatoms. The van der Waals surface area contributed by atoms with Gasteiger partial charge in [-0.25, -0.2) is 0 Å². The van der Waals surface area contributed by atoms with Gasteiger partial charge >= 0.3 is 5.97 Å². The fraction of sp³-hybridized carbons (Fsp3) is 0.545. The predicted octanol–water partition coefficient (Wildman–Crippen LogP) is 2.90. The lowest BCUT2D eigenvalue weighted by Gasteiger charge is -2.34. The number of nitrogens with zero attached hydrogens (tertiary/aromatic N) is 1. The highest BCUT2D eigenvalue weighted by molar-refractivity contribution is 9.10. The largest absolute Gasteiger partial charge is 0.481 e. The number of hydrogen-bond donors (Lipinski definition) is 1. The van der Waals surface area contributed by atoms with Gasteiger partial charge in [-0.3, -0.25) is 9.69 Å². The Kier molecular flexibility index (Phi) is 4.90. The van der Waals surface area contributed by atoms with E-state index in [9.17, 15) is 4.79 Å². The first-order valence-corrected chi connectivity index (χ1v) is 8.25. The minimum Gasteiger partial charge on any atom is -0.481 e. The molecule has 3 nitrogen and oxygen atoms in total. The molecule has 1 aliphatic heterocycles. The second kappa shape index (κ2) is 6.22. The number of carbonyl (C=O) groups is 1. The van der Waals surface area contributed by atoms with Crippen molar-refractivity contribution in [2.75, 3.05) is 18.1 Å². The van der Waals surface area contributed by atoms with E-state index in [0.29, 0.717) is 0 Å². The van der Waals surface area contributed by atoms with Crippen LogP contribution in [0.5, 0.6) is 0 Å². The van der Waals surface area contributed by atoms with Crippen LogP contribution in [-0.4, -0.2) is 40.1 Å². The van der Waals surface area contributed by atoms with Crippen molar-refractivity contribution >= 4 is 45.0 Å². The molecule has 0 radical (unpaired) electrons. The summed E-state index contributed by atoms with van der Waals surface area (Å²) in [6.45, 7) is 1.84. The lowest BCUT2D eigenvalue weighted by Crippen LogP contribution is -2.42. The number of halogens is 1. The molecule has 94 valence electrons. The van der Waals surface area contributed by atoms with E-state index in [1.165, 1.54) is 4.88 Å². The summed E-state index contributed by atoms with van der Waals surface area (Å²) in [5.74, 6) is 1.32. The van der Waals surface area contributed by atoms with Crippen molar-refractivity contribution in [2.24, 2.45) is 0 Å². The Balaban J connectivity index is 2.01. The molecular weight excluding hydrogens is 322 g/mol. The molecule has 1 atom stereocenters. The SMILES string of the molecule is O=C(O)CC1CSCCN1Cc1sccc1Br. The molecular formula is C11H14BrNO2S2. The number of carboxylic acids is 1. The summed E-state index contributed by atoms with van der Waals surface area (Å²) in [6.07, 6.45) is 0.246. The lowest BCUT2D eigenvalue weighted by molar-refractivity contribution is -0.138. The van der Waals surface area contributed by atoms with Crippen LogP contribution in [0.2, 0.25) is 0 Å². The van der Waals surface area contributed by atoms with E-state index in [1.807, 2.05) is 17.8 Å². The van der Waals surface area contributed by atoms with Crippen molar-refractivity contribution in [3.05, 3.63) is 20.8 Å². The molecule has 0 aliphatic carbocycles. The summed E-state index contributed by atoms with van der Waals surface area (Å²) in [7, 11) is 0. The summed E-state index contributed by atoms with van der Waals surface area (Å²) < 4.78 is 1.13. The minimum absolute atomic E-state index is 0.167. The molecule has 0 aromatic carbocycles. The van der Waals surface area contributed by atoms with Gasteiger partial charge in [0, 0.05) is 40.0 Å². The van der Waals surface area contributed by atoms with Crippen LogP contribution in [-0.2, 0) is 11.3 Å². The first-order chi connectivity index (χ1) is 8.16. The molecule has 1 fully saturated rings. The third kappa shape index (κ3) is 3.71. The summed E-state index contributed by atoms with van der Waals surface area (Å²) in [4.78, 5) is 14.4. The number of thiophene rings is 1. The normalized spacial score (nSPS) is 21.6. The van der Waals surface area contributed by atoms with Gasteiger partial charge in [0.15, 0.2) is 0 Å². The average Bonchev–Trinajstić information content (AvgIpc) is 2.67. The van der Waals surface area contributed by atoms with E-state index in [1.54, 1.807) is 11.3 Å². The van der Waals surface area contributed by atoms with Crippen molar-refractivity contribution in [2.45, 2.75) is 19.0 Å². The summed E-state index contributed by atoms with van der Waals surface area (Å²) in [5, 5.41) is 11.0.